The van der Waals surface area contributed by atoms with Gasteiger partial charge in [0.05, 0.1) is 13.7 Å². The van der Waals surface area contributed by atoms with Gasteiger partial charge in [0.15, 0.2) is 11.5 Å². The third-order valence-electron chi connectivity index (χ3n) is 2.21. The second-order valence-corrected chi connectivity index (χ2v) is 3.72. The van der Waals surface area contributed by atoms with Gasteiger partial charge in [-0.25, -0.2) is 4.79 Å². The van der Waals surface area contributed by atoms with Crippen LogP contribution in [0.25, 0.3) is 6.08 Å². The highest BCUT2D eigenvalue weighted by atomic mass is 19.4. The Morgan fingerprint density at radius 2 is 2.00 bits per heavy atom. The van der Waals surface area contributed by atoms with Gasteiger partial charge in [-0.3, -0.25) is 4.74 Å². The average molecular weight is 306 g/mol. The first kappa shape index (κ1) is 16.8. The molecule has 0 aliphatic carbocycles. The predicted octanol–water partition coefficient (Wildman–Crippen LogP) is 2.71. The molecule has 0 saturated heterocycles. The maximum atomic E-state index is 11.8. The minimum absolute atomic E-state index is 0.232. The summed E-state index contributed by atoms with van der Waals surface area (Å²) >= 11 is 0. The number of benzene rings is 1. The molecule has 0 saturated carbocycles. The number of hydrogen-bond donors (Lipinski definition) is 1. The fourth-order valence-electron chi connectivity index (χ4n) is 1.38. The van der Waals surface area contributed by atoms with E-state index in [2.05, 4.69) is 4.74 Å². The quantitative estimate of drug-likeness (QED) is 0.620. The van der Waals surface area contributed by atoms with E-state index in [1.54, 1.807) is 6.07 Å². The van der Waals surface area contributed by atoms with E-state index in [4.69, 9.17) is 14.6 Å². The van der Waals surface area contributed by atoms with Gasteiger partial charge in [-0.1, -0.05) is 6.07 Å². The van der Waals surface area contributed by atoms with Crippen molar-refractivity contribution in [1.82, 2.24) is 0 Å². The molecule has 1 N–H and O–H groups in total. The van der Waals surface area contributed by atoms with Crippen molar-refractivity contribution < 1.29 is 37.3 Å². The lowest BCUT2D eigenvalue weighted by Gasteiger charge is -2.12. The van der Waals surface area contributed by atoms with Crippen molar-refractivity contribution in [3.05, 3.63) is 29.8 Å². The Kier molecular flexibility index (Phi) is 6.04. The fraction of sp³-hybridized carbons (Fsp3) is 0.308. The van der Waals surface area contributed by atoms with E-state index in [-0.39, 0.29) is 18.1 Å². The molecule has 0 radical (unpaired) electrons. The zero-order valence-corrected chi connectivity index (χ0v) is 11.0. The summed E-state index contributed by atoms with van der Waals surface area (Å²) in [5.41, 5.74) is 0.549. The molecular formula is C13H13F3O5. The van der Waals surface area contributed by atoms with Crippen LogP contribution in [0.4, 0.5) is 13.2 Å². The maximum Gasteiger partial charge on any atom is 0.522 e. The van der Waals surface area contributed by atoms with Crippen LogP contribution in [0.3, 0.4) is 0 Å². The molecule has 0 aliphatic heterocycles. The lowest BCUT2D eigenvalue weighted by Crippen LogP contribution is -2.18. The van der Waals surface area contributed by atoms with Crippen LogP contribution in [0.1, 0.15) is 5.56 Å². The number of halogens is 3. The van der Waals surface area contributed by atoms with Gasteiger partial charge in [-0.15, -0.1) is 13.2 Å². The molecule has 0 aliphatic rings. The van der Waals surface area contributed by atoms with Crippen molar-refractivity contribution in [2.75, 3.05) is 20.3 Å². The summed E-state index contributed by atoms with van der Waals surface area (Å²) in [6.45, 7) is -0.951. The molecule has 0 fully saturated rings. The molecule has 0 spiro atoms. The van der Waals surface area contributed by atoms with Gasteiger partial charge in [0.25, 0.3) is 0 Å². The Labute approximate surface area is 118 Å². The number of ether oxygens (including phenoxy) is 3. The van der Waals surface area contributed by atoms with Crippen LogP contribution >= 0.6 is 0 Å². The number of alkyl halides is 3. The Bertz CT molecular complexity index is 511. The molecular weight excluding hydrogens is 293 g/mol. The first-order chi connectivity index (χ1) is 9.81. The van der Waals surface area contributed by atoms with Crippen molar-refractivity contribution in [2.24, 2.45) is 0 Å². The monoisotopic (exact) mass is 306 g/mol. The number of aliphatic carboxylic acids is 1. The van der Waals surface area contributed by atoms with Gasteiger partial charge in [0.1, 0.15) is 6.61 Å². The zero-order valence-electron chi connectivity index (χ0n) is 11.0. The Morgan fingerprint density at radius 1 is 1.29 bits per heavy atom. The molecule has 0 aromatic heterocycles. The van der Waals surface area contributed by atoms with Gasteiger partial charge in [0, 0.05) is 6.08 Å². The fourth-order valence-corrected chi connectivity index (χ4v) is 1.38. The minimum atomic E-state index is -4.70. The number of hydrogen-bond acceptors (Lipinski definition) is 4. The number of methoxy groups -OCH3 is 1. The summed E-state index contributed by atoms with van der Waals surface area (Å²) in [6.07, 6.45) is -2.40. The summed E-state index contributed by atoms with van der Waals surface area (Å²) in [5.74, 6) is -0.594. The number of carbonyl (C=O) groups is 1. The second-order valence-electron chi connectivity index (χ2n) is 3.72. The first-order valence-corrected chi connectivity index (χ1v) is 5.74. The van der Waals surface area contributed by atoms with Gasteiger partial charge < -0.3 is 14.6 Å². The molecule has 0 bridgehead atoms. The molecule has 0 amide bonds. The molecule has 1 aromatic carbocycles. The molecule has 21 heavy (non-hydrogen) atoms. The molecule has 0 atom stereocenters. The van der Waals surface area contributed by atoms with Crippen LogP contribution in [0.5, 0.6) is 11.5 Å². The highest BCUT2D eigenvalue weighted by Gasteiger charge is 2.28. The predicted molar refractivity (Wildman–Crippen MR) is 67.2 cm³/mol. The Morgan fingerprint density at radius 3 is 2.57 bits per heavy atom. The largest absolute Gasteiger partial charge is 0.522 e. The van der Waals surface area contributed by atoms with Crippen molar-refractivity contribution in [2.45, 2.75) is 6.36 Å². The lowest BCUT2D eigenvalue weighted by atomic mass is 10.2. The first-order valence-electron chi connectivity index (χ1n) is 5.74. The maximum absolute atomic E-state index is 11.8. The van der Waals surface area contributed by atoms with E-state index < -0.39 is 18.9 Å². The summed E-state index contributed by atoms with van der Waals surface area (Å²) in [7, 11) is 1.36. The number of carboxylic acids is 1. The van der Waals surface area contributed by atoms with Crippen LogP contribution in [0, 0.1) is 0 Å². The highest BCUT2D eigenvalue weighted by molar-refractivity contribution is 5.85. The molecule has 0 unspecified atom stereocenters. The third kappa shape index (κ3) is 6.66. The third-order valence-corrected chi connectivity index (χ3v) is 2.21. The highest BCUT2D eigenvalue weighted by Crippen LogP contribution is 2.28. The van der Waals surface area contributed by atoms with Crippen LogP contribution < -0.4 is 9.47 Å². The van der Waals surface area contributed by atoms with E-state index in [9.17, 15) is 18.0 Å². The van der Waals surface area contributed by atoms with Crippen LogP contribution in [-0.4, -0.2) is 37.8 Å². The van der Waals surface area contributed by atoms with E-state index in [0.29, 0.717) is 5.56 Å². The van der Waals surface area contributed by atoms with Crippen molar-refractivity contribution in [1.29, 1.82) is 0 Å². The smallest absolute Gasteiger partial charge is 0.493 e. The Hall–Kier alpha value is -2.22. The second kappa shape index (κ2) is 7.53. The SMILES string of the molecule is COc1cc(C=CC(=O)O)ccc1OCCOC(F)(F)F. The van der Waals surface area contributed by atoms with Gasteiger partial charge >= 0.3 is 12.3 Å². The molecule has 0 heterocycles. The average Bonchev–Trinajstić information content (AvgIpc) is 2.40. The van der Waals surface area contributed by atoms with Gasteiger partial charge in [-0.05, 0) is 23.8 Å². The van der Waals surface area contributed by atoms with E-state index in [1.807, 2.05) is 0 Å². The van der Waals surface area contributed by atoms with Crippen molar-refractivity contribution in [3.63, 3.8) is 0 Å². The molecule has 5 nitrogen and oxygen atoms in total. The van der Waals surface area contributed by atoms with Gasteiger partial charge in [-0.2, -0.15) is 0 Å². The summed E-state index contributed by atoms with van der Waals surface area (Å²) < 4.78 is 49.0. The summed E-state index contributed by atoms with van der Waals surface area (Å²) in [5, 5.41) is 8.52. The van der Waals surface area contributed by atoms with Crippen LogP contribution in [-0.2, 0) is 9.53 Å². The van der Waals surface area contributed by atoms with E-state index in [0.717, 1.165) is 6.08 Å². The van der Waals surface area contributed by atoms with Crippen molar-refractivity contribution >= 4 is 12.0 Å². The van der Waals surface area contributed by atoms with Crippen LogP contribution in [0.2, 0.25) is 0 Å². The minimum Gasteiger partial charge on any atom is -0.493 e. The van der Waals surface area contributed by atoms with E-state index >= 15 is 0 Å². The summed E-state index contributed by atoms with van der Waals surface area (Å²) in [4.78, 5) is 10.4. The molecule has 1 aromatic rings. The number of rotatable bonds is 7. The van der Waals surface area contributed by atoms with Crippen molar-refractivity contribution in [3.8, 4) is 11.5 Å². The Balaban J connectivity index is 2.64. The zero-order chi connectivity index (χ0) is 15.9. The molecule has 8 heteroatoms. The molecule has 1 rings (SSSR count). The standard InChI is InChI=1S/C13H13F3O5/c1-19-11-8-9(3-5-12(17)18)2-4-10(11)20-6-7-21-13(14,15)16/h2-5,8H,6-7H2,1H3,(H,17,18). The van der Waals surface area contributed by atoms with E-state index in [1.165, 1.54) is 25.3 Å². The lowest BCUT2D eigenvalue weighted by molar-refractivity contribution is -0.325. The van der Waals surface area contributed by atoms with Gasteiger partial charge in [0.2, 0.25) is 0 Å². The number of carboxylic acid groups (broad SMARTS) is 1. The van der Waals surface area contributed by atoms with Crippen LogP contribution in [0.15, 0.2) is 24.3 Å². The topological polar surface area (TPSA) is 65.0 Å². The normalized spacial score (nSPS) is 11.6. The molecule has 116 valence electrons. The summed E-state index contributed by atoms with van der Waals surface area (Å²) in [6, 6.07) is 4.51.